The van der Waals surface area contributed by atoms with E-state index in [-0.39, 0.29) is 5.91 Å². The molecule has 4 N–H and O–H groups in total. The van der Waals surface area contributed by atoms with Crippen LogP contribution in [0, 0.1) is 0 Å². The van der Waals surface area contributed by atoms with Crippen LogP contribution in [0.4, 0.5) is 22.9 Å². The molecule has 2 aliphatic heterocycles. The highest BCUT2D eigenvalue weighted by atomic mass is 16.1. The van der Waals surface area contributed by atoms with Crippen molar-refractivity contribution >= 4 is 34.4 Å². The summed E-state index contributed by atoms with van der Waals surface area (Å²) in [5.41, 5.74) is 12.2. The SMILES string of the molecule is CN(C)CCNc1ccc(NC(=O)C2=CNNc3ccc(-c4cncc(N5CCCCC5)c4)cc32)cn1. The van der Waals surface area contributed by atoms with Crippen molar-refractivity contribution in [1.82, 2.24) is 20.3 Å². The molecular weight excluding hydrogens is 464 g/mol. The average Bonchev–Trinajstić information content (AvgIpc) is 2.93. The topological polar surface area (TPSA) is 97.4 Å². The number of pyridine rings is 2. The van der Waals surface area contributed by atoms with Crippen LogP contribution in [0.25, 0.3) is 16.7 Å². The number of nitrogens with zero attached hydrogens (tertiary/aromatic N) is 4. The zero-order chi connectivity index (χ0) is 25.6. The monoisotopic (exact) mass is 498 g/mol. The zero-order valence-corrected chi connectivity index (χ0v) is 21.4. The lowest BCUT2D eigenvalue weighted by atomic mass is 9.97. The predicted octanol–water partition coefficient (Wildman–Crippen LogP) is 4.02. The molecule has 0 aliphatic carbocycles. The van der Waals surface area contributed by atoms with E-state index in [4.69, 9.17) is 0 Å². The van der Waals surface area contributed by atoms with Gasteiger partial charge in [-0.15, -0.1) is 0 Å². The quantitative estimate of drug-likeness (QED) is 0.370. The van der Waals surface area contributed by atoms with E-state index in [1.54, 1.807) is 12.4 Å². The summed E-state index contributed by atoms with van der Waals surface area (Å²) >= 11 is 0. The number of likely N-dealkylation sites (N-methyl/N-ethyl adjacent to an activating group) is 1. The van der Waals surface area contributed by atoms with Crippen molar-refractivity contribution < 1.29 is 4.79 Å². The fourth-order valence-electron chi connectivity index (χ4n) is 4.60. The molecule has 2 aliphatic rings. The maximum absolute atomic E-state index is 13.3. The number of amides is 1. The maximum atomic E-state index is 13.3. The number of nitrogens with one attached hydrogen (secondary N) is 4. The van der Waals surface area contributed by atoms with Gasteiger partial charge in [0.1, 0.15) is 5.82 Å². The molecule has 1 amide bonds. The largest absolute Gasteiger partial charge is 0.370 e. The molecule has 5 rings (SSSR count). The minimum atomic E-state index is -0.206. The second kappa shape index (κ2) is 11.3. The number of fused-ring (bicyclic) bond motifs is 1. The number of aromatic nitrogens is 2. The van der Waals surface area contributed by atoms with Crippen molar-refractivity contribution in [3.8, 4) is 11.1 Å². The van der Waals surface area contributed by atoms with Crippen LogP contribution in [0.15, 0.2) is 61.2 Å². The minimum absolute atomic E-state index is 0.206. The summed E-state index contributed by atoms with van der Waals surface area (Å²) in [5.74, 6) is 0.570. The van der Waals surface area contributed by atoms with E-state index < -0.39 is 0 Å². The zero-order valence-electron chi connectivity index (χ0n) is 21.4. The van der Waals surface area contributed by atoms with Gasteiger partial charge in [0.2, 0.25) is 0 Å². The Morgan fingerprint density at radius 1 is 1.03 bits per heavy atom. The molecule has 0 saturated carbocycles. The molecule has 4 heterocycles. The van der Waals surface area contributed by atoms with E-state index in [1.807, 2.05) is 50.8 Å². The second-order valence-corrected chi connectivity index (χ2v) is 9.68. The van der Waals surface area contributed by atoms with Gasteiger partial charge in [-0.1, -0.05) is 6.07 Å². The molecule has 0 radical (unpaired) electrons. The lowest BCUT2D eigenvalue weighted by Crippen LogP contribution is -2.29. The Morgan fingerprint density at radius 2 is 1.89 bits per heavy atom. The van der Waals surface area contributed by atoms with Gasteiger partial charge in [-0.3, -0.25) is 9.78 Å². The third kappa shape index (κ3) is 6.00. The molecule has 0 spiro atoms. The van der Waals surface area contributed by atoms with Gasteiger partial charge in [-0.25, -0.2) is 4.98 Å². The molecule has 9 nitrogen and oxygen atoms in total. The molecule has 0 bridgehead atoms. The van der Waals surface area contributed by atoms with Crippen molar-refractivity contribution in [2.75, 3.05) is 61.2 Å². The molecule has 37 heavy (non-hydrogen) atoms. The first-order valence-corrected chi connectivity index (χ1v) is 12.8. The number of carbonyl (C=O) groups is 1. The summed E-state index contributed by atoms with van der Waals surface area (Å²) in [6.45, 7) is 3.85. The predicted molar refractivity (Wildman–Crippen MR) is 150 cm³/mol. The van der Waals surface area contributed by atoms with Crippen LogP contribution in [0.3, 0.4) is 0 Å². The van der Waals surface area contributed by atoms with E-state index >= 15 is 0 Å². The van der Waals surface area contributed by atoms with E-state index in [0.717, 1.165) is 60.1 Å². The molecule has 1 fully saturated rings. The van der Waals surface area contributed by atoms with Crippen LogP contribution in [-0.4, -0.2) is 61.0 Å². The molecular formula is C28H34N8O. The van der Waals surface area contributed by atoms with Crippen molar-refractivity contribution in [3.05, 3.63) is 66.8 Å². The third-order valence-electron chi connectivity index (χ3n) is 6.64. The van der Waals surface area contributed by atoms with Crippen LogP contribution in [-0.2, 0) is 4.79 Å². The van der Waals surface area contributed by atoms with Gasteiger partial charge >= 0.3 is 0 Å². The number of hydrazine groups is 1. The van der Waals surface area contributed by atoms with Crippen molar-refractivity contribution in [2.24, 2.45) is 0 Å². The Balaban J connectivity index is 1.31. The van der Waals surface area contributed by atoms with Crippen LogP contribution in [0.1, 0.15) is 24.8 Å². The van der Waals surface area contributed by atoms with Gasteiger partial charge in [0, 0.05) is 49.7 Å². The Kier molecular flexibility index (Phi) is 7.51. The number of hydrogen-bond acceptors (Lipinski definition) is 8. The molecule has 0 atom stereocenters. The summed E-state index contributed by atoms with van der Waals surface area (Å²) < 4.78 is 0. The summed E-state index contributed by atoms with van der Waals surface area (Å²) in [5, 5.41) is 6.25. The fraction of sp³-hybridized carbons (Fsp3) is 0.321. The molecule has 1 saturated heterocycles. The summed E-state index contributed by atoms with van der Waals surface area (Å²) in [6, 6.07) is 12.0. The molecule has 192 valence electrons. The van der Waals surface area contributed by atoms with Crippen LogP contribution in [0.2, 0.25) is 0 Å². The highest BCUT2D eigenvalue weighted by Crippen LogP contribution is 2.33. The van der Waals surface area contributed by atoms with Crippen molar-refractivity contribution in [3.63, 3.8) is 0 Å². The van der Waals surface area contributed by atoms with Gasteiger partial charge in [-0.05, 0) is 69.3 Å². The molecule has 9 heteroatoms. The number of benzene rings is 1. The Hall–Kier alpha value is -4.11. The normalized spacial score (nSPS) is 14.8. The first kappa shape index (κ1) is 24.6. The lowest BCUT2D eigenvalue weighted by molar-refractivity contribution is -0.111. The van der Waals surface area contributed by atoms with Gasteiger partial charge in [0.15, 0.2) is 0 Å². The summed E-state index contributed by atoms with van der Waals surface area (Å²) in [4.78, 5) is 26.7. The number of anilines is 4. The average molecular weight is 499 g/mol. The van der Waals surface area contributed by atoms with Crippen LogP contribution in [0.5, 0.6) is 0 Å². The first-order chi connectivity index (χ1) is 18.1. The maximum Gasteiger partial charge on any atom is 0.257 e. The second-order valence-electron chi connectivity index (χ2n) is 9.68. The lowest BCUT2D eigenvalue weighted by Gasteiger charge is -2.28. The van der Waals surface area contributed by atoms with E-state index in [1.165, 1.54) is 19.3 Å². The van der Waals surface area contributed by atoms with Crippen molar-refractivity contribution in [1.29, 1.82) is 0 Å². The summed E-state index contributed by atoms with van der Waals surface area (Å²) in [7, 11) is 4.06. The molecule has 0 unspecified atom stereocenters. The third-order valence-corrected chi connectivity index (χ3v) is 6.64. The van der Waals surface area contributed by atoms with E-state index in [2.05, 4.69) is 53.4 Å². The van der Waals surface area contributed by atoms with E-state index in [0.29, 0.717) is 11.3 Å². The van der Waals surface area contributed by atoms with Gasteiger partial charge < -0.3 is 31.3 Å². The van der Waals surface area contributed by atoms with Crippen LogP contribution >= 0.6 is 0 Å². The van der Waals surface area contributed by atoms with Gasteiger partial charge in [0.25, 0.3) is 5.91 Å². The molecule has 3 aromatic rings. The Labute approximate surface area is 218 Å². The Morgan fingerprint density at radius 3 is 2.68 bits per heavy atom. The highest BCUT2D eigenvalue weighted by molar-refractivity contribution is 6.26. The minimum Gasteiger partial charge on any atom is -0.370 e. The number of carbonyl (C=O) groups excluding carboxylic acids is 1. The highest BCUT2D eigenvalue weighted by Gasteiger charge is 2.20. The summed E-state index contributed by atoms with van der Waals surface area (Å²) in [6.07, 6.45) is 10.9. The smallest absolute Gasteiger partial charge is 0.257 e. The van der Waals surface area contributed by atoms with Crippen molar-refractivity contribution in [2.45, 2.75) is 19.3 Å². The number of hydrogen-bond donors (Lipinski definition) is 4. The molecule has 2 aromatic heterocycles. The van der Waals surface area contributed by atoms with Gasteiger partial charge in [-0.2, -0.15) is 0 Å². The van der Waals surface area contributed by atoms with Crippen LogP contribution < -0.4 is 26.4 Å². The standard InChI is InChI=1S/C28H34N8O/c1-35(2)13-10-30-27-9-7-22(17-31-27)33-28(37)25-19-32-34-26-8-6-20(15-24(25)26)21-14-23(18-29-16-21)36-11-4-3-5-12-36/h6-9,14-19,32,34H,3-5,10-13H2,1-2H3,(H,30,31)(H,33,37). The fourth-order valence-corrected chi connectivity index (χ4v) is 4.60. The molecule has 1 aromatic carbocycles. The first-order valence-electron chi connectivity index (χ1n) is 12.8. The Bertz CT molecular complexity index is 1270. The van der Waals surface area contributed by atoms with E-state index in [9.17, 15) is 4.79 Å². The van der Waals surface area contributed by atoms with Gasteiger partial charge in [0.05, 0.1) is 35.0 Å². The number of rotatable bonds is 8. The number of piperidine rings is 1.